The third kappa shape index (κ3) is 2.40. The van der Waals surface area contributed by atoms with E-state index in [1.165, 1.54) is 0 Å². The maximum atomic E-state index is 8.01. The molecule has 2 fully saturated rings. The van der Waals surface area contributed by atoms with Gasteiger partial charge in [0.25, 0.3) is 0 Å². The molecule has 0 aromatic heterocycles. The van der Waals surface area contributed by atoms with Gasteiger partial charge < -0.3 is 14.4 Å². The maximum Gasteiger partial charge on any atom is 0.127 e. The average Bonchev–Trinajstić information content (AvgIpc) is 2.30. The van der Waals surface area contributed by atoms with E-state index in [0.29, 0.717) is 5.84 Å². The highest BCUT2D eigenvalue weighted by Gasteiger charge is 2.24. The lowest BCUT2D eigenvalue weighted by molar-refractivity contribution is 0.0547. The largest absolute Gasteiger partial charge is 0.378 e. The first kappa shape index (κ1) is 10.3. The first-order chi connectivity index (χ1) is 6.88. The topological polar surface area (TPSA) is 45.5 Å². The van der Waals surface area contributed by atoms with E-state index in [-0.39, 0.29) is 6.10 Å². The van der Waals surface area contributed by atoms with Crippen LogP contribution in [0.2, 0.25) is 0 Å². The van der Waals surface area contributed by atoms with Crippen molar-refractivity contribution in [1.82, 2.24) is 4.90 Å². The number of morpholine rings is 1. The van der Waals surface area contributed by atoms with Gasteiger partial charge in [-0.1, -0.05) is 0 Å². The molecule has 0 radical (unpaired) electrons. The van der Waals surface area contributed by atoms with Crippen molar-refractivity contribution in [1.29, 1.82) is 5.41 Å². The molecule has 0 aliphatic carbocycles. The molecule has 2 aliphatic heterocycles. The maximum absolute atomic E-state index is 8.01. The van der Waals surface area contributed by atoms with Gasteiger partial charge in [-0.05, 0) is 0 Å². The number of nitrogens with one attached hydrogen (secondary N) is 1. The van der Waals surface area contributed by atoms with Crippen molar-refractivity contribution in [2.24, 2.45) is 0 Å². The Morgan fingerprint density at radius 3 is 2.71 bits per heavy atom. The average molecular weight is 216 g/mol. The number of nitrogens with zero attached hydrogens (tertiary/aromatic N) is 1. The van der Waals surface area contributed by atoms with Crippen LogP contribution in [0.15, 0.2) is 0 Å². The molecule has 2 aliphatic rings. The van der Waals surface area contributed by atoms with Crippen LogP contribution in [0.4, 0.5) is 0 Å². The highest BCUT2D eigenvalue weighted by atomic mass is 32.2. The fraction of sp³-hybridized carbons (Fsp3) is 0.889. The molecule has 2 saturated heterocycles. The summed E-state index contributed by atoms with van der Waals surface area (Å²) in [5.74, 6) is 2.63. The van der Waals surface area contributed by atoms with Crippen molar-refractivity contribution in [2.45, 2.75) is 6.10 Å². The Morgan fingerprint density at radius 1 is 1.29 bits per heavy atom. The SMILES string of the molecule is N=C(C1CSCCO1)N1CCOCC1. The first-order valence-electron chi connectivity index (χ1n) is 4.98. The second kappa shape index (κ2) is 5.00. The van der Waals surface area contributed by atoms with E-state index in [2.05, 4.69) is 4.90 Å². The standard InChI is InChI=1S/C9H16N2O2S/c10-9(8-7-14-6-5-13-8)11-1-3-12-4-2-11/h8,10H,1-7H2. The summed E-state index contributed by atoms with van der Waals surface area (Å²) in [6, 6.07) is 0. The van der Waals surface area contributed by atoms with Crippen LogP contribution in [0.5, 0.6) is 0 Å². The van der Waals surface area contributed by atoms with Crippen LogP contribution in [0, 0.1) is 5.41 Å². The molecular weight excluding hydrogens is 200 g/mol. The minimum atomic E-state index is 0.00634. The molecule has 80 valence electrons. The summed E-state index contributed by atoms with van der Waals surface area (Å²) in [6.07, 6.45) is 0.00634. The van der Waals surface area contributed by atoms with Gasteiger partial charge in [-0.3, -0.25) is 5.41 Å². The highest BCUT2D eigenvalue weighted by molar-refractivity contribution is 7.99. The number of amidine groups is 1. The lowest BCUT2D eigenvalue weighted by atomic mass is 10.3. The molecule has 0 amide bonds. The number of rotatable bonds is 1. The molecule has 2 heterocycles. The monoisotopic (exact) mass is 216 g/mol. The van der Waals surface area contributed by atoms with Crippen molar-refractivity contribution >= 4 is 17.6 Å². The molecule has 2 rings (SSSR count). The summed E-state index contributed by atoms with van der Waals surface area (Å²) in [7, 11) is 0. The van der Waals surface area contributed by atoms with E-state index in [1.54, 1.807) is 0 Å². The van der Waals surface area contributed by atoms with Gasteiger partial charge in [0.05, 0.1) is 19.8 Å². The van der Waals surface area contributed by atoms with Crippen LogP contribution < -0.4 is 0 Å². The molecule has 1 atom stereocenters. The van der Waals surface area contributed by atoms with Crippen molar-refractivity contribution in [3.05, 3.63) is 0 Å². The number of ether oxygens (including phenoxy) is 2. The molecule has 0 spiro atoms. The van der Waals surface area contributed by atoms with Gasteiger partial charge in [-0.15, -0.1) is 0 Å². The van der Waals surface area contributed by atoms with Gasteiger partial charge in [0.15, 0.2) is 0 Å². The molecule has 5 heteroatoms. The van der Waals surface area contributed by atoms with E-state index < -0.39 is 0 Å². The van der Waals surface area contributed by atoms with E-state index in [4.69, 9.17) is 14.9 Å². The normalized spacial score (nSPS) is 28.9. The molecule has 0 saturated carbocycles. The van der Waals surface area contributed by atoms with Gasteiger partial charge in [0.2, 0.25) is 0 Å². The Hall–Kier alpha value is -0.260. The second-order valence-electron chi connectivity index (χ2n) is 3.42. The first-order valence-corrected chi connectivity index (χ1v) is 6.14. The van der Waals surface area contributed by atoms with Crippen LogP contribution >= 0.6 is 11.8 Å². The van der Waals surface area contributed by atoms with E-state index in [9.17, 15) is 0 Å². The summed E-state index contributed by atoms with van der Waals surface area (Å²) >= 11 is 1.87. The van der Waals surface area contributed by atoms with Gasteiger partial charge in [-0.25, -0.2) is 0 Å². The van der Waals surface area contributed by atoms with Crippen molar-refractivity contribution < 1.29 is 9.47 Å². The Balaban J connectivity index is 1.85. The second-order valence-corrected chi connectivity index (χ2v) is 4.57. The van der Waals surface area contributed by atoms with Crippen molar-refractivity contribution in [2.75, 3.05) is 44.4 Å². The Morgan fingerprint density at radius 2 is 2.07 bits per heavy atom. The molecule has 1 N–H and O–H groups in total. The fourth-order valence-corrected chi connectivity index (χ4v) is 2.50. The molecular formula is C9H16N2O2S. The number of hydrogen-bond donors (Lipinski definition) is 1. The minimum Gasteiger partial charge on any atom is -0.378 e. The number of thioether (sulfide) groups is 1. The van der Waals surface area contributed by atoms with Gasteiger partial charge in [0.1, 0.15) is 11.9 Å². The van der Waals surface area contributed by atoms with Gasteiger partial charge >= 0.3 is 0 Å². The minimum absolute atomic E-state index is 0.00634. The van der Waals surface area contributed by atoms with Gasteiger partial charge in [0, 0.05) is 24.6 Å². The van der Waals surface area contributed by atoms with E-state index >= 15 is 0 Å². The third-order valence-electron chi connectivity index (χ3n) is 2.47. The summed E-state index contributed by atoms with van der Waals surface area (Å²) in [6.45, 7) is 3.93. The zero-order chi connectivity index (χ0) is 9.80. The summed E-state index contributed by atoms with van der Waals surface area (Å²) in [5.41, 5.74) is 0. The number of hydrogen-bond acceptors (Lipinski definition) is 4. The van der Waals surface area contributed by atoms with E-state index in [0.717, 1.165) is 44.4 Å². The zero-order valence-corrected chi connectivity index (χ0v) is 9.02. The van der Waals surface area contributed by atoms with Crippen LogP contribution in [0.25, 0.3) is 0 Å². The summed E-state index contributed by atoms with van der Waals surface area (Å²) in [5, 5.41) is 8.01. The van der Waals surface area contributed by atoms with Crippen LogP contribution in [-0.2, 0) is 9.47 Å². The van der Waals surface area contributed by atoms with Gasteiger partial charge in [-0.2, -0.15) is 11.8 Å². The molecule has 0 aromatic rings. The Kier molecular flexibility index (Phi) is 3.67. The lowest BCUT2D eigenvalue weighted by Gasteiger charge is -2.33. The Labute approximate surface area is 88.4 Å². The van der Waals surface area contributed by atoms with E-state index in [1.807, 2.05) is 11.8 Å². The molecule has 14 heavy (non-hydrogen) atoms. The van der Waals surface area contributed by atoms with Crippen molar-refractivity contribution in [3.8, 4) is 0 Å². The lowest BCUT2D eigenvalue weighted by Crippen LogP contribution is -2.47. The van der Waals surface area contributed by atoms with Crippen molar-refractivity contribution in [3.63, 3.8) is 0 Å². The Bertz CT molecular complexity index is 181. The zero-order valence-electron chi connectivity index (χ0n) is 8.20. The van der Waals surface area contributed by atoms with Crippen LogP contribution in [0.1, 0.15) is 0 Å². The van der Waals surface area contributed by atoms with Crippen LogP contribution in [-0.4, -0.2) is 61.3 Å². The quantitative estimate of drug-likeness (QED) is 0.510. The van der Waals surface area contributed by atoms with Crippen LogP contribution in [0.3, 0.4) is 0 Å². The molecule has 4 nitrogen and oxygen atoms in total. The highest BCUT2D eigenvalue weighted by Crippen LogP contribution is 2.15. The predicted octanol–water partition coefficient (Wildman–Crippen LogP) is 0.428. The molecule has 0 aromatic carbocycles. The smallest absolute Gasteiger partial charge is 0.127 e. The summed E-state index contributed by atoms with van der Waals surface area (Å²) < 4.78 is 10.8. The molecule has 0 bridgehead atoms. The molecule has 1 unspecified atom stereocenters. The summed E-state index contributed by atoms with van der Waals surface area (Å²) in [4.78, 5) is 2.07. The third-order valence-corrected chi connectivity index (χ3v) is 3.47. The predicted molar refractivity (Wildman–Crippen MR) is 57.2 cm³/mol. The fourth-order valence-electron chi connectivity index (χ4n) is 1.65.